The maximum atomic E-state index is 14.2. The maximum absolute atomic E-state index is 14.2. The zero-order chi connectivity index (χ0) is 12.5. The van der Waals surface area contributed by atoms with Gasteiger partial charge in [0, 0.05) is 5.56 Å². The summed E-state index contributed by atoms with van der Waals surface area (Å²) in [4.78, 5) is 0. The van der Waals surface area contributed by atoms with Crippen LogP contribution in [0.3, 0.4) is 0 Å². The molecule has 1 aliphatic rings. The predicted molar refractivity (Wildman–Crippen MR) is 73.0 cm³/mol. The summed E-state index contributed by atoms with van der Waals surface area (Å²) in [5.41, 5.74) is 2.81. The Morgan fingerprint density at radius 2 is 1.78 bits per heavy atom. The van der Waals surface area contributed by atoms with Gasteiger partial charge in [-0.15, -0.1) is 0 Å². The fourth-order valence-electron chi connectivity index (χ4n) is 2.78. The van der Waals surface area contributed by atoms with Gasteiger partial charge in [0.15, 0.2) is 0 Å². The molecule has 0 heterocycles. The molecular weight excluding hydrogens is 223 g/mol. The summed E-state index contributed by atoms with van der Waals surface area (Å²) in [6.45, 7) is 2.25. The van der Waals surface area contributed by atoms with E-state index in [0.29, 0.717) is 17.4 Å². The molecular formula is C17H17F. The molecule has 0 aliphatic heterocycles. The lowest BCUT2D eigenvalue weighted by molar-refractivity contribution is 0.280. The van der Waals surface area contributed by atoms with Crippen LogP contribution in [-0.2, 0) is 0 Å². The lowest BCUT2D eigenvalue weighted by atomic mass is 9.71. The van der Waals surface area contributed by atoms with Crippen molar-refractivity contribution in [3.05, 3.63) is 59.9 Å². The Hall–Kier alpha value is -1.63. The smallest absolute Gasteiger partial charge is 0.131 e. The first-order valence-electron chi connectivity index (χ1n) is 6.60. The van der Waals surface area contributed by atoms with E-state index in [0.717, 1.165) is 11.1 Å². The Morgan fingerprint density at radius 1 is 1.00 bits per heavy atom. The lowest BCUT2D eigenvalue weighted by Gasteiger charge is -2.34. The van der Waals surface area contributed by atoms with E-state index in [9.17, 15) is 4.39 Å². The highest BCUT2D eigenvalue weighted by Crippen LogP contribution is 2.42. The monoisotopic (exact) mass is 240 g/mol. The molecule has 0 nitrogen and oxygen atoms in total. The van der Waals surface area contributed by atoms with Gasteiger partial charge in [-0.05, 0) is 41.9 Å². The van der Waals surface area contributed by atoms with Crippen LogP contribution in [0.2, 0.25) is 0 Å². The van der Waals surface area contributed by atoms with Gasteiger partial charge < -0.3 is 0 Å². The zero-order valence-corrected chi connectivity index (χ0v) is 10.6. The minimum absolute atomic E-state index is 0.0993. The van der Waals surface area contributed by atoms with Crippen LogP contribution < -0.4 is 0 Å². The average molecular weight is 240 g/mol. The molecule has 92 valence electrons. The Morgan fingerprint density at radius 3 is 2.33 bits per heavy atom. The highest BCUT2D eigenvalue weighted by molar-refractivity contribution is 5.64. The minimum atomic E-state index is -0.0993. The molecule has 0 aromatic heterocycles. The third-order valence-electron chi connectivity index (χ3n) is 4.13. The molecule has 3 rings (SSSR count). The van der Waals surface area contributed by atoms with Crippen molar-refractivity contribution >= 4 is 0 Å². The first kappa shape index (κ1) is 11.5. The molecule has 2 aromatic carbocycles. The third-order valence-corrected chi connectivity index (χ3v) is 4.13. The maximum Gasteiger partial charge on any atom is 0.131 e. The second-order valence-corrected chi connectivity index (χ2v) is 5.27. The predicted octanol–water partition coefficient (Wildman–Crippen LogP) is 5.01. The van der Waals surface area contributed by atoms with Crippen molar-refractivity contribution in [3.63, 3.8) is 0 Å². The molecule has 2 unspecified atom stereocenters. The van der Waals surface area contributed by atoms with Crippen molar-refractivity contribution in [2.45, 2.75) is 25.7 Å². The van der Waals surface area contributed by atoms with E-state index in [2.05, 4.69) is 13.0 Å². The van der Waals surface area contributed by atoms with Crippen molar-refractivity contribution in [1.82, 2.24) is 0 Å². The average Bonchev–Trinajstić information content (AvgIpc) is 2.38. The largest absolute Gasteiger partial charge is 0.206 e. The van der Waals surface area contributed by atoms with E-state index in [1.54, 1.807) is 6.07 Å². The van der Waals surface area contributed by atoms with Crippen molar-refractivity contribution < 1.29 is 4.39 Å². The van der Waals surface area contributed by atoms with Crippen molar-refractivity contribution in [2.24, 2.45) is 5.92 Å². The van der Waals surface area contributed by atoms with Crippen LogP contribution >= 0.6 is 0 Å². The molecule has 0 radical (unpaired) electrons. The zero-order valence-electron chi connectivity index (χ0n) is 10.6. The van der Waals surface area contributed by atoms with Gasteiger partial charge in [-0.3, -0.25) is 0 Å². The fraction of sp³-hybridized carbons (Fsp3) is 0.294. The molecule has 18 heavy (non-hydrogen) atoms. The van der Waals surface area contributed by atoms with Crippen LogP contribution in [0.15, 0.2) is 48.5 Å². The summed E-state index contributed by atoms with van der Waals surface area (Å²) < 4.78 is 14.2. The molecule has 0 bridgehead atoms. The van der Waals surface area contributed by atoms with Gasteiger partial charge >= 0.3 is 0 Å². The summed E-state index contributed by atoms with van der Waals surface area (Å²) in [7, 11) is 0. The lowest BCUT2D eigenvalue weighted by Crippen LogP contribution is -2.20. The van der Waals surface area contributed by atoms with Gasteiger partial charge in [0.05, 0.1) is 0 Å². The second-order valence-electron chi connectivity index (χ2n) is 5.27. The van der Waals surface area contributed by atoms with Gasteiger partial charge in [-0.1, -0.05) is 49.4 Å². The van der Waals surface area contributed by atoms with Crippen molar-refractivity contribution in [3.8, 4) is 11.1 Å². The van der Waals surface area contributed by atoms with E-state index in [1.807, 2.05) is 36.4 Å². The number of benzene rings is 2. The van der Waals surface area contributed by atoms with Crippen LogP contribution in [0, 0.1) is 11.7 Å². The van der Waals surface area contributed by atoms with E-state index < -0.39 is 0 Å². The minimum Gasteiger partial charge on any atom is -0.206 e. The van der Waals surface area contributed by atoms with Gasteiger partial charge in [-0.25, -0.2) is 4.39 Å². The SMILES string of the molecule is CC1CCC1c1ccc(-c2ccccc2)c(F)c1. The van der Waals surface area contributed by atoms with Gasteiger partial charge in [-0.2, -0.15) is 0 Å². The first-order chi connectivity index (χ1) is 8.75. The molecule has 2 atom stereocenters. The van der Waals surface area contributed by atoms with E-state index in [-0.39, 0.29) is 5.82 Å². The van der Waals surface area contributed by atoms with E-state index in [1.165, 1.54) is 12.8 Å². The van der Waals surface area contributed by atoms with Crippen LogP contribution in [-0.4, -0.2) is 0 Å². The molecule has 0 amide bonds. The molecule has 1 aliphatic carbocycles. The Labute approximate surface area is 107 Å². The Bertz CT molecular complexity index is 545. The quantitative estimate of drug-likeness (QED) is 0.692. The second kappa shape index (κ2) is 4.56. The summed E-state index contributed by atoms with van der Waals surface area (Å²) in [5, 5.41) is 0. The Kier molecular flexibility index (Phi) is 2.91. The first-order valence-corrected chi connectivity index (χ1v) is 6.60. The van der Waals surface area contributed by atoms with E-state index >= 15 is 0 Å². The number of halogens is 1. The molecule has 1 saturated carbocycles. The molecule has 2 aromatic rings. The van der Waals surface area contributed by atoms with Gasteiger partial charge in [0.2, 0.25) is 0 Å². The van der Waals surface area contributed by atoms with E-state index in [4.69, 9.17) is 0 Å². The summed E-state index contributed by atoms with van der Waals surface area (Å²) >= 11 is 0. The Balaban J connectivity index is 1.95. The number of hydrogen-bond donors (Lipinski definition) is 0. The molecule has 0 saturated heterocycles. The number of rotatable bonds is 2. The normalized spacial score (nSPS) is 22.6. The van der Waals surface area contributed by atoms with Crippen LogP contribution in [0.25, 0.3) is 11.1 Å². The summed E-state index contributed by atoms with van der Waals surface area (Å²) in [6, 6.07) is 15.5. The molecule has 1 fully saturated rings. The fourth-order valence-corrected chi connectivity index (χ4v) is 2.78. The summed E-state index contributed by atoms with van der Waals surface area (Å²) in [6.07, 6.45) is 2.47. The topological polar surface area (TPSA) is 0 Å². The molecule has 1 heteroatoms. The van der Waals surface area contributed by atoms with Crippen LogP contribution in [0.5, 0.6) is 0 Å². The molecule has 0 spiro atoms. The van der Waals surface area contributed by atoms with Crippen LogP contribution in [0.1, 0.15) is 31.2 Å². The van der Waals surface area contributed by atoms with Crippen molar-refractivity contribution in [2.75, 3.05) is 0 Å². The van der Waals surface area contributed by atoms with Crippen LogP contribution in [0.4, 0.5) is 4.39 Å². The highest BCUT2D eigenvalue weighted by atomic mass is 19.1. The van der Waals surface area contributed by atoms with Crippen molar-refractivity contribution in [1.29, 1.82) is 0 Å². The van der Waals surface area contributed by atoms with Gasteiger partial charge in [0.1, 0.15) is 5.82 Å². The standard InChI is InChI=1S/C17H17F/c1-12-7-9-15(12)14-8-10-16(17(18)11-14)13-5-3-2-4-6-13/h2-6,8,10-12,15H,7,9H2,1H3. The third kappa shape index (κ3) is 1.94. The number of hydrogen-bond acceptors (Lipinski definition) is 0. The summed E-state index contributed by atoms with van der Waals surface area (Å²) in [5.74, 6) is 1.16. The highest BCUT2D eigenvalue weighted by Gasteiger charge is 2.28. The van der Waals surface area contributed by atoms with Gasteiger partial charge in [0.25, 0.3) is 0 Å². The molecule has 0 N–H and O–H groups in total.